The molecule has 0 bridgehead atoms. The van der Waals surface area contributed by atoms with E-state index in [2.05, 4.69) is 0 Å². The Balaban J connectivity index is 1.36. The molecule has 0 spiro atoms. The van der Waals surface area contributed by atoms with E-state index in [1.165, 1.54) is 23.7 Å². The zero-order valence-electron chi connectivity index (χ0n) is 14.5. The van der Waals surface area contributed by atoms with Crippen LogP contribution in [0.25, 0.3) is 0 Å². The maximum Gasteiger partial charge on any atom is -0.0352 e. The van der Waals surface area contributed by atoms with Gasteiger partial charge in [-0.3, -0.25) is 0 Å². The molecule has 124 valence electrons. The van der Waals surface area contributed by atoms with Crippen molar-refractivity contribution in [1.82, 2.24) is 0 Å². The van der Waals surface area contributed by atoms with Gasteiger partial charge in [-0.25, -0.2) is 0 Å². The molecule has 5 rings (SSSR count). The molecule has 5 aliphatic carbocycles. The highest BCUT2D eigenvalue weighted by Crippen LogP contribution is 2.60. The molecule has 8 atom stereocenters. The predicted molar refractivity (Wildman–Crippen MR) is 92.6 cm³/mol. The molecule has 0 aromatic carbocycles. The van der Waals surface area contributed by atoms with Crippen LogP contribution in [0.3, 0.4) is 0 Å². The Labute approximate surface area is 137 Å². The number of fused-ring (bicyclic) bond motifs is 7. The fourth-order valence-corrected chi connectivity index (χ4v) is 8.50. The van der Waals surface area contributed by atoms with E-state index in [1.54, 1.807) is 89.9 Å². The lowest BCUT2D eigenvalue weighted by Crippen LogP contribution is -2.49. The molecule has 6 unspecified atom stereocenters. The van der Waals surface area contributed by atoms with Gasteiger partial charge in [-0.05, 0) is 98.7 Å². The van der Waals surface area contributed by atoms with Crippen molar-refractivity contribution in [2.45, 2.75) is 89.9 Å². The first-order valence-corrected chi connectivity index (χ1v) is 10.9. The van der Waals surface area contributed by atoms with Crippen LogP contribution >= 0.6 is 0 Å². The van der Waals surface area contributed by atoms with E-state index in [9.17, 15) is 0 Å². The van der Waals surface area contributed by atoms with E-state index < -0.39 is 0 Å². The van der Waals surface area contributed by atoms with Crippen LogP contribution in [0.15, 0.2) is 0 Å². The van der Waals surface area contributed by atoms with E-state index in [0.29, 0.717) is 0 Å². The summed E-state index contributed by atoms with van der Waals surface area (Å²) in [6, 6.07) is 0. The summed E-state index contributed by atoms with van der Waals surface area (Å²) >= 11 is 0. The average molecular weight is 301 g/mol. The molecule has 0 amide bonds. The largest absolute Gasteiger partial charge is 0.0530 e. The zero-order valence-corrected chi connectivity index (χ0v) is 14.5. The highest BCUT2D eigenvalue weighted by molar-refractivity contribution is 5.01. The van der Waals surface area contributed by atoms with Crippen LogP contribution in [0.4, 0.5) is 0 Å². The van der Waals surface area contributed by atoms with Gasteiger partial charge < -0.3 is 0 Å². The molecule has 0 heterocycles. The van der Waals surface area contributed by atoms with Crippen LogP contribution in [0.5, 0.6) is 0 Å². The summed E-state index contributed by atoms with van der Waals surface area (Å²) in [6.07, 6.45) is 22.4. The second-order valence-electron chi connectivity index (χ2n) is 9.80. The number of hydrogen-bond acceptors (Lipinski definition) is 0. The molecule has 0 heteroatoms. The third-order valence-electron chi connectivity index (χ3n) is 9.26. The molecule has 5 aliphatic rings. The van der Waals surface area contributed by atoms with Gasteiger partial charge in [0, 0.05) is 0 Å². The standard InChI is InChI=1S/C22H36/c1-3-7-17-15(5-1)9-11-21-19(17)13-14-20-18-8-4-2-6-16(18)10-12-22(20)21/h15-22H,1-14H2/t15?,16?,17?,18?,19?,20?,21-,22+. The van der Waals surface area contributed by atoms with Gasteiger partial charge in [0.05, 0.1) is 0 Å². The van der Waals surface area contributed by atoms with Gasteiger partial charge in [-0.1, -0.05) is 38.5 Å². The Kier molecular flexibility index (Phi) is 3.79. The van der Waals surface area contributed by atoms with Crippen molar-refractivity contribution in [3.05, 3.63) is 0 Å². The second-order valence-corrected chi connectivity index (χ2v) is 9.80. The summed E-state index contributed by atoms with van der Waals surface area (Å²) in [5.74, 6) is 9.30. The predicted octanol–water partition coefficient (Wildman–Crippen LogP) is 6.45. The summed E-state index contributed by atoms with van der Waals surface area (Å²) in [4.78, 5) is 0. The van der Waals surface area contributed by atoms with E-state index in [4.69, 9.17) is 0 Å². The molecule has 5 fully saturated rings. The Morgan fingerprint density at radius 2 is 0.636 bits per heavy atom. The van der Waals surface area contributed by atoms with Gasteiger partial charge in [0.15, 0.2) is 0 Å². The molecule has 0 N–H and O–H groups in total. The lowest BCUT2D eigenvalue weighted by atomic mass is 9.48. The van der Waals surface area contributed by atoms with Crippen molar-refractivity contribution < 1.29 is 0 Å². The van der Waals surface area contributed by atoms with Gasteiger partial charge in [-0.2, -0.15) is 0 Å². The Hall–Kier alpha value is 0. The molecular formula is C22H36. The topological polar surface area (TPSA) is 0 Å². The molecule has 22 heavy (non-hydrogen) atoms. The molecule has 0 radical (unpaired) electrons. The lowest BCUT2D eigenvalue weighted by molar-refractivity contribution is -0.0786. The molecule has 0 aromatic heterocycles. The Morgan fingerprint density at radius 1 is 0.273 bits per heavy atom. The SMILES string of the molecule is C1CCC2C(C1)CC[C@@H]1C2CCC2C3CCCCC3CC[C@@H]21. The molecule has 0 aliphatic heterocycles. The van der Waals surface area contributed by atoms with Gasteiger partial charge in [0.1, 0.15) is 0 Å². The Morgan fingerprint density at radius 3 is 1.14 bits per heavy atom. The molecule has 5 saturated carbocycles. The highest BCUT2D eigenvalue weighted by Gasteiger charge is 2.51. The fraction of sp³-hybridized carbons (Fsp3) is 1.00. The third-order valence-corrected chi connectivity index (χ3v) is 9.26. The smallest absolute Gasteiger partial charge is 0.0352 e. The first-order valence-electron chi connectivity index (χ1n) is 10.9. The molecule has 0 saturated heterocycles. The highest BCUT2D eigenvalue weighted by atomic mass is 14.6. The number of rotatable bonds is 0. The van der Waals surface area contributed by atoms with Crippen molar-refractivity contribution in [2.24, 2.45) is 47.3 Å². The van der Waals surface area contributed by atoms with E-state index in [1.807, 2.05) is 0 Å². The second kappa shape index (κ2) is 5.82. The van der Waals surface area contributed by atoms with Crippen molar-refractivity contribution >= 4 is 0 Å². The summed E-state index contributed by atoms with van der Waals surface area (Å²) in [5, 5.41) is 0. The van der Waals surface area contributed by atoms with Crippen LogP contribution in [0.1, 0.15) is 89.9 Å². The van der Waals surface area contributed by atoms with Gasteiger partial charge in [0.2, 0.25) is 0 Å². The third kappa shape index (κ3) is 2.22. The average Bonchev–Trinajstić information content (AvgIpc) is 2.60. The van der Waals surface area contributed by atoms with E-state index in [-0.39, 0.29) is 0 Å². The summed E-state index contributed by atoms with van der Waals surface area (Å²) in [6.45, 7) is 0. The van der Waals surface area contributed by atoms with Gasteiger partial charge >= 0.3 is 0 Å². The first kappa shape index (κ1) is 14.4. The van der Waals surface area contributed by atoms with Crippen molar-refractivity contribution in [3.8, 4) is 0 Å². The number of hydrogen-bond donors (Lipinski definition) is 0. The minimum Gasteiger partial charge on any atom is -0.0530 e. The van der Waals surface area contributed by atoms with Crippen molar-refractivity contribution in [2.75, 3.05) is 0 Å². The van der Waals surface area contributed by atoms with E-state index >= 15 is 0 Å². The monoisotopic (exact) mass is 300 g/mol. The molecule has 0 aromatic rings. The van der Waals surface area contributed by atoms with Gasteiger partial charge in [0.25, 0.3) is 0 Å². The quantitative estimate of drug-likeness (QED) is 0.482. The minimum atomic E-state index is 1.15. The summed E-state index contributed by atoms with van der Waals surface area (Å²) in [5.41, 5.74) is 0. The maximum absolute atomic E-state index is 1.64. The normalized spacial score (nSPS) is 54.5. The van der Waals surface area contributed by atoms with Crippen LogP contribution in [0, 0.1) is 47.3 Å². The van der Waals surface area contributed by atoms with Crippen molar-refractivity contribution in [3.63, 3.8) is 0 Å². The van der Waals surface area contributed by atoms with Crippen LogP contribution in [-0.4, -0.2) is 0 Å². The lowest BCUT2D eigenvalue weighted by Gasteiger charge is -2.57. The van der Waals surface area contributed by atoms with Crippen molar-refractivity contribution in [1.29, 1.82) is 0 Å². The maximum atomic E-state index is 1.64. The van der Waals surface area contributed by atoms with Crippen LogP contribution < -0.4 is 0 Å². The molecule has 0 nitrogen and oxygen atoms in total. The summed E-state index contributed by atoms with van der Waals surface area (Å²) < 4.78 is 0. The van der Waals surface area contributed by atoms with Crippen LogP contribution in [0.2, 0.25) is 0 Å². The zero-order chi connectivity index (χ0) is 14.5. The minimum absolute atomic E-state index is 1.15. The Bertz CT molecular complexity index is 361. The molecular weight excluding hydrogens is 264 g/mol. The fourth-order valence-electron chi connectivity index (χ4n) is 8.50. The summed E-state index contributed by atoms with van der Waals surface area (Å²) in [7, 11) is 0. The van der Waals surface area contributed by atoms with Crippen LogP contribution in [-0.2, 0) is 0 Å². The van der Waals surface area contributed by atoms with Gasteiger partial charge in [-0.15, -0.1) is 0 Å². The van der Waals surface area contributed by atoms with E-state index in [0.717, 1.165) is 23.7 Å². The first-order chi connectivity index (χ1) is 10.9.